The number of nitrogens with one attached hydrogen (secondary N) is 2. The summed E-state index contributed by atoms with van der Waals surface area (Å²) in [5.41, 5.74) is -0.467. The van der Waals surface area contributed by atoms with E-state index in [9.17, 15) is 19.2 Å². The van der Waals surface area contributed by atoms with E-state index >= 15 is 0 Å². The van der Waals surface area contributed by atoms with Crippen molar-refractivity contribution in [1.29, 1.82) is 0 Å². The highest BCUT2D eigenvalue weighted by Crippen LogP contribution is 2.28. The van der Waals surface area contributed by atoms with Gasteiger partial charge in [0, 0.05) is 32.7 Å². The zero-order chi connectivity index (χ0) is 30.5. The Morgan fingerprint density at radius 2 is 1.51 bits per heavy atom. The zero-order valence-electron chi connectivity index (χ0n) is 26.9. The maximum Gasteiger partial charge on any atom is 0.245 e. The molecule has 3 fully saturated rings. The van der Waals surface area contributed by atoms with Crippen molar-refractivity contribution in [3.05, 3.63) is 0 Å². The summed E-state index contributed by atoms with van der Waals surface area (Å²) in [6, 6.07) is -1.68. The third-order valence-electron chi connectivity index (χ3n) is 9.35. The van der Waals surface area contributed by atoms with Gasteiger partial charge in [-0.25, -0.2) is 0 Å². The van der Waals surface area contributed by atoms with Crippen LogP contribution in [0.3, 0.4) is 0 Å². The summed E-state index contributed by atoms with van der Waals surface area (Å²) in [5.74, 6) is -0.0588. The number of piperidine rings is 1. The summed E-state index contributed by atoms with van der Waals surface area (Å²) < 4.78 is 0. The number of likely N-dealkylation sites (N-methyl/N-ethyl adjacent to an activating group) is 3. The second-order valence-electron chi connectivity index (χ2n) is 13.8. The van der Waals surface area contributed by atoms with Gasteiger partial charge in [-0.05, 0) is 76.9 Å². The Hall–Kier alpha value is -2.20. The number of carbonyl (C=O) groups excluding carboxylic acids is 4. The van der Waals surface area contributed by atoms with Crippen LogP contribution < -0.4 is 10.6 Å². The van der Waals surface area contributed by atoms with Crippen molar-refractivity contribution in [3.63, 3.8) is 0 Å². The first-order valence-electron chi connectivity index (χ1n) is 15.9. The fourth-order valence-corrected chi connectivity index (χ4v) is 6.79. The van der Waals surface area contributed by atoms with Crippen LogP contribution in [0.25, 0.3) is 0 Å². The average Bonchev–Trinajstić information content (AvgIpc) is 3.59. The summed E-state index contributed by atoms with van der Waals surface area (Å²) in [6.45, 7) is 15.5. The third kappa shape index (κ3) is 8.00. The van der Waals surface area contributed by atoms with E-state index in [-0.39, 0.29) is 47.7 Å². The molecule has 0 saturated carbocycles. The Balaban J connectivity index is 1.73. The van der Waals surface area contributed by atoms with E-state index in [0.29, 0.717) is 26.1 Å². The van der Waals surface area contributed by atoms with Gasteiger partial charge in [0.15, 0.2) is 0 Å². The fraction of sp³-hybridized carbons (Fsp3) is 0.871. The van der Waals surface area contributed by atoms with E-state index in [4.69, 9.17) is 0 Å². The molecule has 41 heavy (non-hydrogen) atoms. The molecule has 0 aromatic rings. The predicted octanol–water partition coefficient (Wildman–Crippen LogP) is 2.08. The van der Waals surface area contributed by atoms with Gasteiger partial charge in [0.05, 0.1) is 12.1 Å². The summed E-state index contributed by atoms with van der Waals surface area (Å²) in [5, 5.41) is 6.02. The number of amides is 4. The molecule has 0 aromatic heterocycles. The Morgan fingerprint density at radius 3 is 2.12 bits per heavy atom. The van der Waals surface area contributed by atoms with Crippen LogP contribution in [0, 0.1) is 11.3 Å². The second-order valence-corrected chi connectivity index (χ2v) is 13.8. The molecule has 3 rings (SSSR count). The number of carbonyl (C=O) groups is 4. The molecule has 4 amide bonds. The molecule has 3 aliphatic heterocycles. The number of nitrogens with zero attached hydrogens (tertiary/aromatic N) is 4. The summed E-state index contributed by atoms with van der Waals surface area (Å²) in [4.78, 5) is 61.7. The van der Waals surface area contributed by atoms with Gasteiger partial charge in [-0.1, -0.05) is 41.0 Å². The largest absolute Gasteiger partial charge is 0.355 e. The van der Waals surface area contributed by atoms with Crippen molar-refractivity contribution in [2.24, 2.45) is 11.3 Å². The fourth-order valence-electron chi connectivity index (χ4n) is 6.79. The summed E-state index contributed by atoms with van der Waals surface area (Å²) in [6.07, 6.45) is 6.12. The molecule has 0 spiro atoms. The molecular formula is C31H56N6O4. The monoisotopic (exact) mass is 576 g/mol. The van der Waals surface area contributed by atoms with E-state index in [1.807, 2.05) is 41.8 Å². The second kappa shape index (κ2) is 14.3. The first-order chi connectivity index (χ1) is 19.3. The van der Waals surface area contributed by atoms with Gasteiger partial charge in [-0.2, -0.15) is 0 Å². The lowest BCUT2D eigenvalue weighted by Crippen LogP contribution is -2.61. The molecule has 0 radical (unpaired) electrons. The van der Waals surface area contributed by atoms with Crippen LogP contribution in [-0.2, 0) is 19.2 Å². The molecule has 10 nitrogen and oxygen atoms in total. The molecule has 3 heterocycles. The van der Waals surface area contributed by atoms with E-state index < -0.39 is 17.5 Å². The highest BCUT2D eigenvalue weighted by molar-refractivity contribution is 5.91. The Bertz CT molecular complexity index is 934. The lowest BCUT2D eigenvalue weighted by molar-refractivity contribution is -0.144. The van der Waals surface area contributed by atoms with Gasteiger partial charge < -0.3 is 20.4 Å². The average molecular weight is 577 g/mol. The minimum atomic E-state index is -0.657. The van der Waals surface area contributed by atoms with E-state index in [0.717, 1.165) is 51.6 Å². The van der Waals surface area contributed by atoms with Gasteiger partial charge in [0.1, 0.15) is 12.1 Å². The highest BCUT2D eigenvalue weighted by atomic mass is 16.2. The van der Waals surface area contributed by atoms with E-state index in [2.05, 4.69) is 34.3 Å². The molecule has 234 valence electrons. The maximum absolute atomic E-state index is 14.1. The number of likely N-dealkylation sites (tertiary alicyclic amines) is 3. The Kier molecular flexibility index (Phi) is 11.6. The molecule has 5 atom stereocenters. The van der Waals surface area contributed by atoms with Gasteiger partial charge in [0.25, 0.3) is 0 Å². The molecule has 0 aliphatic carbocycles. The molecule has 10 heteroatoms. The summed E-state index contributed by atoms with van der Waals surface area (Å²) in [7, 11) is 3.82. The quantitative estimate of drug-likeness (QED) is 0.413. The van der Waals surface area contributed by atoms with E-state index in [1.165, 1.54) is 0 Å². The number of hydrogen-bond donors (Lipinski definition) is 2. The van der Waals surface area contributed by atoms with Crippen LogP contribution in [-0.4, -0.2) is 120 Å². The topological polar surface area (TPSA) is 105 Å². The molecule has 3 aliphatic rings. The minimum absolute atomic E-state index is 0.0316. The molecule has 0 bridgehead atoms. The molecule has 3 unspecified atom stereocenters. The smallest absolute Gasteiger partial charge is 0.245 e. The molecule has 0 aromatic carbocycles. The predicted molar refractivity (Wildman–Crippen MR) is 161 cm³/mol. The van der Waals surface area contributed by atoms with Crippen molar-refractivity contribution < 1.29 is 19.2 Å². The number of hydrogen-bond acceptors (Lipinski definition) is 6. The van der Waals surface area contributed by atoms with Crippen molar-refractivity contribution in [1.82, 2.24) is 30.2 Å². The third-order valence-corrected chi connectivity index (χ3v) is 9.35. The van der Waals surface area contributed by atoms with Gasteiger partial charge in [-0.15, -0.1) is 0 Å². The first kappa shape index (κ1) is 33.3. The summed E-state index contributed by atoms with van der Waals surface area (Å²) >= 11 is 0. The van der Waals surface area contributed by atoms with E-state index in [1.54, 1.807) is 9.80 Å². The first-order valence-corrected chi connectivity index (χ1v) is 15.9. The molecule has 2 N–H and O–H groups in total. The van der Waals surface area contributed by atoms with Crippen molar-refractivity contribution >= 4 is 23.6 Å². The SMILES string of the molecule is CCNC(=O)C1CCCN1C(=O)C1CCCN1C[C@H](C(C)C)N(C)C(=O)C(NC(=O)[C@H]1CCCCN1C)C(C)(C)C. The lowest BCUT2D eigenvalue weighted by atomic mass is 9.84. The zero-order valence-corrected chi connectivity index (χ0v) is 26.9. The Morgan fingerprint density at radius 1 is 0.878 bits per heavy atom. The Labute approximate surface area is 247 Å². The minimum Gasteiger partial charge on any atom is -0.355 e. The maximum atomic E-state index is 14.1. The van der Waals surface area contributed by atoms with Crippen molar-refractivity contribution in [2.75, 3.05) is 46.8 Å². The van der Waals surface area contributed by atoms with Crippen LogP contribution >= 0.6 is 0 Å². The van der Waals surface area contributed by atoms with Crippen LogP contribution in [0.4, 0.5) is 0 Å². The number of rotatable bonds is 10. The van der Waals surface area contributed by atoms with Crippen LogP contribution in [0.15, 0.2) is 0 Å². The van der Waals surface area contributed by atoms with Gasteiger partial charge in [0.2, 0.25) is 23.6 Å². The van der Waals surface area contributed by atoms with Gasteiger partial charge in [-0.3, -0.25) is 29.0 Å². The van der Waals surface area contributed by atoms with Gasteiger partial charge >= 0.3 is 0 Å². The molecule has 3 saturated heterocycles. The molecular weight excluding hydrogens is 520 g/mol. The van der Waals surface area contributed by atoms with Crippen LogP contribution in [0.2, 0.25) is 0 Å². The standard InChI is InChI=1S/C31H56N6O4/c1-9-32-27(38)23-15-13-19-37(23)29(40)24-16-12-18-36(24)20-25(21(2)3)35(8)30(41)26(31(4,5)6)33-28(39)22-14-10-11-17-34(22)7/h21-26H,9-20H2,1-8H3,(H,32,38)(H,33,39)/t22-,23?,24?,25-,26?/m1/s1. The highest BCUT2D eigenvalue weighted by Gasteiger charge is 2.43. The van der Waals surface area contributed by atoms with Crippen molar-refractivity contribution in [3.8, 4) is 0 Å². The van der Waals surface area contributed by atoms with Crippen LogP contribution in [0.1, 0.15) is 86.5 Å². The van der Waals surface area contributed by atoms with Crippen LogP contribution in [0.5, 0.6) is 0 Å². The lowest BCUT2D eigenvalue weighted by Gasteiger charge is -2.41. The van der Waals surface area contributed by atoms with Crippen molar-refractivity contribution in [2.45, 2.75) is 117 Å². The normalized spacial score (nSPS) is 25.7.